The van der Waals surface area contributed by atoms with Gasteiger partial charge in [-0.2, -0.15) is 10.1 Å². The Hall–Kier alpha value is -3.42. The minimum Gasteiger partial charge on any atom is -0.481 e. The van der Waals surface area contributed by atoms with Crippen LogP contribution in [0.5, 0.6) is 5.88 Å². The molecule has 0 aliphatic heterocycles. The number of ether oxygens (including phenoxy) is 1. The van der Waals surface area contributed by atoms with Gasteiger partial charge >= 0.3 is 0 Å². The maximum absolute atomic E-state index is 12.6. The number of rotatable bonds is 4. The first-order valence-corrected chi connectivity index (χ1v) is 8.28. The van der Waals surface area contributed by atoms with Gasteiger partial charge in [0.15, 0.2) is 11.5 Å². The van der Waals surface area contributed by atoms with Crippen molar-refractivity contribution in [2.45, 2.75) is 20.3 Å². The number of nitrogens with one attached hydrogen (secondary N) is 1. The van der Waals surface area contributed by atoms with Crippen molar-refractivity contribution in [1.82, 2.24) is 29.4 Å². The largest absolute Gasteiger partial charge is 0.481 e. The summed E-state index contributed by atoms with van der Waals surface area (Å²) >= 11 is 0. The second-order valence-electron chi connectivity index (χ2n) is 5.89. The normalized spacial score (nSPS) is 11.2. The molecule has 0 aliphatic rings. The van der Waals surface area contributed by atoms with E-state index in [-0.39, 0.29) is 5.56 Å². The van der Waals surface area contributed by atoms with Gasteiger partial charge in [0, 0.05) is 40.8 Å². The highest BCUT2D eigenvalue weighted by Crippen LogP contribution is 2.23. The molecule has 4 heterocycles. The fraction of sp³-hybridized carbons (Fsp3) is 0.222. The van der Waals surface area contributed by atoms with Crippen LogP contribution in [0.2, 0.25) is 0 Å². The van der Waals surface area contributed by atoms with Gasteiger partial charge in [-0.05, 0) is 19.4 Å². The Kier molecular flexibility index (Phi) is 3.80. The molecule has 0 aliphatic carbocycles. The summed E-state index contributed by atoms with van der Waals surface area (Å²) < 4.78 is 8.29. The summed E-state index contributed by atoms with van der Waals surface area (Å²) in [6.45, 7) is 3.81. The van der Waals surface area contributed by atoms with Gasteiger partial charge in [-0.1, -0.05) is 13.0 Å². The van der Waals surface area contributed by atoms with Crippen LogP contribution in [0.25, 0.3) is 22.6 Å². The highest BCUT2D eigenvalue weighted by atomic mass is 16.5. The van der Waals surface area contributed by atoms with Crippen LogP contribution < -0.4 is 10.3 Å². The first kappa shape index (κ1) is 16.1. The minimum atomic E-state index is -0.0666. The third kappa shape index (κ3) is 2.46. The predicted molar refractivity (Wildman–Crippen MR) is 96.8 cm³/mol. The van der Waals surface area contributed by atoms with Crippen LogP contribution in [0.4, 0.5) is 0 Å². The van der Waals surface area contributed by atoms with E-state index in [1.807, 2.05) is 32.2 Å². The molecule has 0 saturated heterocycles. The Balaban J connectivity index is 1.82. The fourth-order valence-electron chi connectivity index (χ4n) is 3.01. The lowest BCUT2D eigenvalue weighted by Crippen LogP contribution is -2.21. The number of pyridine rings is 1. The molecule has 0 radical (unpaired) electrons. The lowest BCUT2D eigenvalue weighted by atomic mass is 10.1. The molecule has 26 heavy (non-hydrogen) atoms. The molecule has 132 valence electrons. The first-order valence-electron chi connectivity index (χ1n) is 8.28. The van der Waals surface area contributed by atoms with E-state index in [9.17, 15) is 4.79 Å². The summed E-state index contributed by atoms with van der Waals surface area (Å²) in [7, 11) is 1.57. The van der Waals surface area contributed by atoms with Gasteiger partial charge in [-0.25, -0.2) is 14.2 Å². The lowest BCUT2D eigenvalue weighted by molar-refractivity contribution is 0.397. The number of H-pyrrole nitrogens is 1. The van der Waals surface area contributed by atoms with Gasteiger partial charge in [0.2, 0.25) is 5.88 Å². The van der Waals surface area contributed by atoms with Crippen molar-refractivity contribution in [3.63, 3.8) is 0 Å². The van der Waals surface area contributed by atoms with Crippen LogP contribution >= 0.6 is 0 Å². The molecule has 0 saturated carbocycles. The van der Waals surface area contributed by atoms with E-state index in [0.29, 0.717) is 29.3 Å². The van der Waals surface area contributed by atoms with Crippen molar-refractivity contribution in [3.8, 4) is 22.8 Å². The number of methoxy groups -OCH3 is 1. The smallest absolute Gasteiger partial charge is 0.276 e. The highest BCUT2D eigenvalue weighted by Gasteiger charge is 2.15. The number of aromatic nitrogens is 6. The molecule has 0 bridgehead atoms. The minimum absolute atomic E-state index is 0.0666. The van der Waals surface area contributed by atoms with Gasteiger partial charge in [0.05, 0.1) is 13.3 Å². The number of fused-ring (bicyclic) bond motifs is 1. The number of aryl methyl sites for hydroxylation is 1. The third-order valence-corrected chi connectivity index (χ3v) is 4.36. The van der Waals surface area contributed by atoms with E-state index in [4.69, 9.17) is 4.74 Å². The second-order valence-corrected chi connectivity index (χ2v) is 5.89. The van der Waals surface area contributed by atoms with Crippen molar-refractivity contribution in [2.24, 2.45) is 0 Å². The van der Waals surface area contributed by atoms with Crippen molar-refractivity contribution < 1.29 is 4.74 Å². The quantitative estimate of drug-likeness (QED) is 0.609. The molecule has 0 aromatic carbocycles. The van der Waals surface area contributed by atoms with Gasteiger partial charge in [-0.3, -0.25) is 9.89 Å². The lowest BCUT2D eigenvalue weighted by Gasteiger charge is -2.03. The van der Waals surface area contributed by atoms with Crippen molar-refractivity contribution in [3.05, 3.63) is 58.4 Å². The van der Waals surface area contributed by atoms with E-state index < -0.39 is 0 Å². The molecule has 0 fully saturated rings. The summed E-state index contributed by atoms with van der Waals surface area (Å²) in [5.74, 6) is 1.16. The summed E-state index contributed by atoms with van der Waals surface area (Å²) in [6.07, 6.45) is 5.98. The zero-order valence-corrected chi connectivity index (χ0v) is 14.7. The summed E-state index contributed by atoms with van der Waals surface area (Å²) in [5.41, 5.74) is 3.63. The Morgan fingerprint density at radius 3 is 2.88 bits per heavy atom. The van der Waals surface area contributed by atoms with E-state index in [2.05, 4.69) is 20.2 Å². The molecular formula is C18H18N6O2. The second kappa shape index (κ2) is 6.14. The standard InChI is InChI=1S/C18H18N6O2/c1-4-13-11(2)21-17-14(9-20-24(17)18(13)25)12-8-19-23(10-12)15-6-5-7-16(22-15)26-3/h5-10,20H,4H2,1-3H3. The molecule has 8 nitrogen and oxygen atoms in total. The molecule has 4 aromatic rings. The van der Waals surface area contributed by atoms with Crippen LogP contribution in [0.15, 0.2) is 41.6 Å². The van der Waals surface area contributed by atoms with Crippen LogP contribution in [0.1, 0.15) is 18.2 Å². The van der Waals surface area contributed by atoms with Gasteiger partial charge < -0.3 is 4.74 Å². The maximum Gasteiger partial charge on any atom is 0.276 e. The number of aromatic amines is 1. The van der Waals surface area contributed by atoms with Gasteiger partial charge in [0.25, 0.3) is 5.56 Å². The van der Waals surface area contributed by atoms with Crippen LogP contribution in [0, 0.1) is 6.92 Å². The third-order valence-electron chi connectivity index (χ3n) is 4.36. The van der Waals surface area contributed by atoms with E-state index in [0.717, 1.165) is 16.8 Å². The van der Waals surface area contributed by atoms with E-state index in [1.54, 1.807) is 30.3 Å². The van der Waals surface area contributed by atoms with Crippen molar-refractivity contribution in [2.75, 3.05) is 7.11 Å². The molecule has 1 N–H and O–H groups in total. The van der Waals surface area contributed by atoms with Crippen molar-refractivity contribution >= 4 is 5.65 Å². The average molecular weight is 350 g/mol. The SMILES string of the molecule is CCc1c(C)nc2c(-c3cnn(-c4cccc(OC)n4)c3)c[nH]n2c1=O. The Morgan fingerprint density at radius 2 is 2.12 bits per heavy atom. The molecule has 8 heteroatoms. The summed E-state index contributed by atoms with van der Waals surface area (Å²) in [5, 5.41) is 7.37. The average Bonchev–Trinajstić information content (AvgIpc) is 3.29. The Morgan fingerprint density at radius 1 is 1.27 bits per heavy atom. The van der Waals surface area contributed by atoms with E-state index >= 15 is 0 Å². The number of nitrogens with zero attached hydrogens (tertiary/aromatic N) is 5. The molecule has 4 rings (SSSR count). The van der Waals surface area contributed by atoms with Gasteiger partial charge in [-0.15, -0.1) is 0 Å². The summed E-state index contributed by atoms with van der Waals surface area (Å²) in [6, 6.07) is 5.47. The van der Waals surface area contributed by atoms with Gasteiger partial charge in [0.1, 0.15) is 0 Å². The molecule has 0 amide bonds. The van der Waals surface area contributed by atoms with E-state index in [1.165, 1.54) is 4.52 Å². The monoisotopic (exact) mass is 350 g/mol. The summed E-state index contributed by atoms with van der Waals surface area (Å²) in [4.78, 5) is 21.6. The van der Waals surface area contributed by atoms with Crippen LogP contribution in [0.3, 0.4) is 0 Å². The topological polar surface area (TPSA) is 90.1 Å². The van der Waals surface area contributed by atoms with Crippen molar-refractivity contribution in [1.29, 1.82) is 0 Å². The molecular weight excluding hydrogens is 332 g/mol. The predicted octanol–water partition coefficient (Wildman–Crippen LogP) is 2.15. The maximum atomic E-state index is 12.6. The van der Waals surface area contributed by atoms with Crippen LogP contribution in [-0.4, -0.2) is 36.5 Å². The Labute approximate surface area is 149 Å². The fourth-order valence-corrected chi connectivity index (χ4v) is 3.01. The number of hydrogen-bond acceptors (Lipinski definition) is 5. The molecule has 4 aromatic heterocycles. The highest BCUT2D eigenvalue weighted by molar-refractivity contribution is 5.76. The molecule has 0 spiro atoms. The zero-order chi connectivity index (χ0) is 18.3. The van der Waals surface area contributed by atoms with Crippen LogP contribution in [-0.2, 0) is 6.42 Å². The number of hydrogen-bond donors (Lipinski definition) is 1. The Bertz CT molecular complexity index is 1150. The zero-order valence-electron chi connectivity index (χ0n) is 14.7. The first-order chi connectivity index (χ1) is 12.6. The molecule has 0 unspecified atom stereocenters. The molecule has 0 atom stereocenters.